The number of pyridine rings is 1. The van der Waals surface area contributed by atoms with Gasteiger partial charge >= 0.3 is 0 Å². The lowest BCUT2D eigenvalue weighted by Gasteiger charge is -2.26. The number of nitriles is 1. The van der Waals surface area contributed by atoms with Gasteiger partial charge in [-0.05, 0) is 93.3 Å². The number of fused-ring (bicyclic) bond motifs is 1. The van der Waals surface area contributed by atoms with Crippen LogP contribution in [0.4, 0.5) is 0 Å². The summed E-state index contributed by atoms with van der Waals surface area (Å²) >= 11 is 0. The van der Waals surface area contributed by atoms with Gasteiger partial charge in [-0.25, -0.2) is 4.52 Å². The molecule has 3 aromatic rings. The van der Waals surface area contributed by atoms with Crippen molar-refractivity contribution in [2.75, 3.05) is 26.2 Å². The van der Waals surface area contributed by atoms with E-state index in [0.717, 1.165) is 51.0 Å². The fourth-order valence-electron chi connectivity index (χ4n) is 5.54. The van der Waals surface area contributed by atoms with E-state index in [1.807, 2.05) is 16.9 Å². The fourth-order valence-corrected chi connectivity index (χ4v) is 5.54. The van der Waals surface area contributed by atoms with Crippen molar-refractivity contribution in [2.45, 2.75) is 57.3 Å². The first-order chi connectivity index (χ1) is 16.3. The van der Waals surface area contributed by atoms with E-state index in [0.29, 0.717) is 5.92 Å². The minimum Gasteiger partial charge on any atom is -0.494 e. The molecule has 0 bridgehead atoms. The van der Waals surface area contributed by atoms with Gasteiger partial charge in [0.25, 0.3) is 0 Å². The number of nitrogens with zero attached hydrogens (tertiary/aromatic N) is 4. The molecule has 1 saturated heterocycles. The summed E-state index contributed by atoms with van der Waals surface area (Å²) < 4.78 is 8.03. The first-order valence-electron chi connectivity index (χ1n) is 12.6. The molecule has 0 spiro atoms. The van der Waals surface area contributed by atoms with Gasteiger partial charge in [0, 0.05) is 24.2 Å². The fraction of sp³-hybridized carbons (Fsp3) is 0.500. The smallest absolute Gasteiger partial charge is 0.119 e. The first kappa shape index (κ1) is 22.0. The Morgan fingerprint density at radius 3 is 2.55 bits per heavy atom. The molecule has 2 aromatic heterocycles. The average Bonchev–Trinajstić information content (AvgIpc) is 3.32. The molecule has 0 amide bonds. The minimum absolute atomic E-state index is 0.220. The van der Waals surface area contributed by atoms with E-state index in [9.17, 15) is 5.26 Å². The zero-order valence-corrected chi connectivity index (χ0v) is 19.5. The predicted molar refractivity (Wildman–Crippen MR) is 131 cm³/mol. The lowest BCUT2D eigenvalue weighted by atomic mass is 9.78. The molecule has 33 heavy (non-hydrogen) atoms. The van der Waals surface area contributed by atoms with Crippen molar-refractivity contribution in [2.24, 2.45) is 5.92 Å². The van der Waals surface area contributed by atoms with Crippen LogP contribution in [0, 0.1) is 17.2 Å². The van der Waals surface area contributed by atoms with Crippen molar-refractivity contribution < 1.29 is 4.74 Å². The normalized spacial score (nSPS) is 21.7. The van der Waals surface area contributed by atoms with E-state index in [1.54, 1.807) is 0 Å². The Morgan fingerprint density at radius 1 is 1.00 bits per heavy atom. The van der Waals surface area contributed by atoms with Crippen LogP contribution in [0.2, 0.25) is 0 Å². The molecule has 2 aliphatic rings. The Balaban J connectivity index is 1.26. The second-order valence-electron chi connectivity index (χ2n) is 9.62. The number of rotatable bonds is 7. The summed E-state index contributed by atoms with van der Waals surface area (Å²) in [4.78, 5) is 2.56. The van der Waals surface area contributed by atoms with Crippen LogP contribution in [0.25, 0.3) is 16.6 Å². The number of piperidine rings is 1. The molecule has 1 aliphatic carbocycles. The Labute approximate surface area is 197 Å². The molecule has 0 unspecified atom stereocenters. The summed E-state index contributed by atoms with van der Waals surface area (Å²) in [6.07, 6.45) is 13.3. The van der Waals surface area contributed by atoms with Gasteiger partial charge in [0.2, 0.25) is 0 Å². The molecule has 172 valence electrons. The zero-order valence-electron chi connectivity index (χ0n) is 19.5. The Morgan fingerprint density at radius 2 is 1.79 bits per heavy atom. The Bertz CT molecular complexity index is 1080. The third-order valence-electron chi connectivity index (χ3n) is 7.42. The molecule has 5 nitrogen and oxygen atoms in total. The molecule has 5 heteroatoms. The van der Waals surface area contributed by atoms with Crippen molar-refractivity contribution in [3.05, 3.63) is 54.4 Å². The number of hydrogen-bond donors (Lipinski definition) is 0. The van der Waals surface area contributed by atoms with Gasteiger partial charge in [0.15, 0.2) is 0 Å². The summed E-state index contributed by atoms with van der Waals surface area (Å²) in [6, 6.07) is 15.3. The highest BCUT2D eigenvalue weighted by atomic mass is 16.5. The van der Waals surface area contributed by atoms with Crippen LogP contribution in [-0.2, 0) is 0 Å². The molecular formula is C28H34N4O. The standard InChI is InChI=1S/C28H34N4O/c29-20-22-7-9-23(10-8-22)26-6-4-18-32-28(26)27(21-30-32)24-11-13-25(14-12-24)33-19-5-17-31-15-2-1-3-16-31/h4,6,11-14,18,21-23H,1-3,5,7-10,15-17,19H2. The van der Waals surface area contributed by atoms with Crippen LogP contribution in [0.1, 0.15) is 62.8 Å². The monoisotopic (exact) mass is 442 g/mol. The van der Waals surface area contributed by atoms with Crippen molar-refractivity contribution in [3.63, 3.8) is 0 Å². The van der Waals surface area contributed by atoms with Crippen LogP contribution in [0.3, 0.4) is 0 Å². The van der Waals surface area contributed by atoms with Crippen LogP contribution in [-0.4, -0.2) is 40.8 Å². The molecule has 3 heterocycles. The van der Waals surface area contributed by atoms with E-state index >= 15 is 0 Å². The van der Waals surface area contributed by atoms with Crippen molar-refractivity contribution in [1.82, 2.24) is 14.5 Å². The average molecular weight is 443 g/mol. The van der Waals surface area contributed by atoms with Crippen molar-refractivity contribution >= 4 is 5.52 Å². The highest BCUT2D eigenvalue weighted by molar-refractivity contribution is 5.83. The van der Waals surface area contributed by atoms with E-state index in [-0.39, 0.29) is 5.92 Å². The number of ether oxygens (including phenoxy) is 1. The minimum atomic E-state index is 0.220. The lowest BCUT2D eigenvalue weighted by molar-refractivity contribution is 0.205. The largest absolute Gasteiger partial charge is 0.494 e. The molecule has 1 aromatic carbocycles. The summed E-state index contributed by atoms with van der Waals surface area (Å²) in [5.41, 5.74) is 4.90. The van der Waals surface area contributed by atoms with Crippen LogP contribution >= 0.6 is 0 Å². The third-order valence-corrected chi connectivity index (χ3v) is 7.42. The van der Waals surface area contributed by atoms with Crippen LogP contribution in [0.5, 0.6) is 5.75 Å². The predicted octanol–water partition coefficient (Wildman–Crippen LogP) is 6.05. The number of aromatic nitrogens is 2. The van der Waals surface area contributed by atoms with Crippen molar-refractivity contribution in [3.8, 4) is 22.9 Å². The van der Waals surface area contributed by atoms with Crippen LogP contribution in [0.15, 0.2) is 48.8 Å². The Hall–Kier alpha value is -2.84. The molecule has 0 N–H and O–H groups in total. The first-order valence-corrected chi connectivity index (χ1v) is 12.6. The number of benzene rings is 1. The van der Waals surface area contributed by atoms with Gasteiger partial charge < -0.3 is 9.64 Å². The van der Waals surface area contributed by atoms with Gasteiger partial charge in [-0.1, -0.05) is 24.6 Å². The van der Waals surface area contributed by atoms with Gasteiger partial charge in [-0.3, -0.25) is 0 Å². The molecule has 0 atom stereocenters. The molecule has 0 radical (unpaired) electrons. The number of likely N-dealkylation sites (tertiary alicyclic amines) is 1. The van der Waals surface area contributed by atoms with Gasteiger partial charge in [0.05, 0.1) is 24.4 Å². The van der Waals surface area contributed by atoms with E-state index in [4.69, 9.17) is 4.74 Å². The maximum atomic E-state index is 9.25. The van der Waals surface area contributed by atoms with Gasteiger partial charge in [-0.2, -0.15) is 10.4 Å². The van der Waals surface area contributed by atoms with E-state index in [2.05, 4.69) is 52.5 Å². The summed E-state index contributed by atoms with van der Waals surface area (Å²) in [5, 5.41) is 13.9. The quantitative estimate of drug-likeness (QED) is 0.418. The highest BCUT2D eigenvalue weighted by Gasteiger charge is 2.25. The van der Waals surface area contributed by atoms with E-state index in [1.165, 1.54) is 54.6 Å². The summed E-state index contributed by atoms with van der Waals surface area (Å²) in [5.74, 6) is 1.65. The molecular weight excluding hydrogens is 408 g/mol. The summed E-state index contributed by atoms with van der Waals surface area (Å²) in [6.45, 7) is 4.40. The topological polar surface area (TPSA) is 53.6 Å². The Kier molecular flexibility index (Phi) is 6.92. The highest BCUT2D eigenvalue weighted by Crippen LogP contribution is 2.39. The van der Waals surface area contributed by atoms with E-state index < -0.39 is 0 Å². The van der Waals surface area contributed by atoms with Crippen LogP contribution < -0.4 is 4.74 Å². The molecule has 1 aliphatic heterocycles. The third kappa shape index (κ3) is 5.07. The molecule has 5 rings (SSSR count). The molecule has 2 fully saturated rings. The maximum Gasteiger partial charge on any atom is 0.119 e. The zero-order chi connectivity index (χ0) is 22.5. The van der Waals surface area contributed by atoms with Gasteiger partial charge in [0.1, 0.15) is 5.75 Å². The van der Waals surface area contributed by atoms with Crippen molar-refractivity contribution in [1.29, 1.82) is 5.26 Å². The molecule has 1 saturated carbocycles. The second kappa shape index (κ2) is 10.4. The maximum absolute atomic E-state index is 9.25. The number of hydrogen-bond acceptors (Lipinski definition) is 4. The SMILES string of the molecule is N#CC1CCC(c2cccn3ncc(-c4ccc(OCCCN5CCCCC5)cc4)c23)CC1. The van der Waals surface area contributed by atoms with Gasteiger partial charge in [-0.15, -0.1) is 0 Å². The summed E-state index contributed by atoms with van der Waals surface area (Å²) in [7, 11) is 0. The lowest BCUT2D eigenvalue weighted by Crippen LogP contribution is -2.31. The second-order valence-corrected chi connectivity index (χ2v) is 9.62.